The maximum absolute atomic E-state index is 9.94. The summed E-state index contributed by atoms with van der Waals surface area (Å²) in [5.74, 6) is -1.00. The number of carboxylic acids is 1. The Balaban J connectivity index is -0.000000101. The Morgan fingerprint density at radius 3 is 2.46 bits per heavy atom. The van der Waals surface area contributed by atoms with E-state index in [2.05, 4.69) is 9.97 Å². The minimum absolute atomic E-state index is 0. The number of carboxylic acid groups (broad SMARTS) is 1. The van der Waals surface area contributed by atoms with Crippen LogP contribution in [0, 0.1) is 45.0 Å². The summed E-state index contributed by atoms with van der Waals surface area (Å²) in [5, 5.41) is 8.16. The summed E-state index contributed by atoms with van der Waals surface area (Å²) < 4.78 is 0. The van der Waals surface area contributed by atoms with Gasteiger partial charge in [-0.05, 0) is 0 Å². The molecule has 4 nitrogen and oxygen atoms in total. The Morgan fingerprint density at radius 1 is 1.62 bits per heavy atom. The first kappa shape index (κ1) is 23.9. The molecule has 0 saturated heterocycles. The van der Waals surface area contributed by atoms with Crippen LogP contribution >= 0.6 is 0 Å². The molecule has 0 bridgehead atoms. The van der Waals surface area contributed by atoms with Crippen molar-refractivity contribution in [1.29, 1.82) is 0 Å². The third-order valence-electron chi connectivity index (χ3n) is 0.752. The number of aromatic nitrogens is 2. The van der Waals surface area contributed by atoms with Gasteiger partial charge in [-0.3, -0.25) is 4.79 Å². The average molecular weight is 650 g/mol. The van der Waals surface area contributed by atoms with E-state index >= 15 is 0 Å². The topological polar surface area (TPSA) is 64.3 Å². The summed E-state index contributed by atoms with van der Waals surface area (Å²) in [5.41, 5.74) is 0.377. The first-order valence-electron chi connectivity index (χ1n) is 2.29. The van der Waals surface area contributed by atoms with Crippen molar-refractivity contribution < 1.29 is 94.8 Å². The van der Waals surface area contributed by atoms with E-state index in [9.17, 15) is 4.79 Å². The van der Waals surface area contributed by atoms with E-state index < -0.39 is 5.97 Å². The molecule has 0 saturated carbocycles. The summed E-state index contributed by atoms with van der Waals surface area (Å²) in [7, 11) is 0. The van der Waals surface area contributed by atoms with E-state index in [4.69, 9.17) is 5.11 Å². The number of hydrogen-bond acceptors (Lipinski definition) is 2. The van der Waals surface area contributed by atoms with Crippen LogP contribution in [0.3, 0.4) is 0 Å². The summed E-state index contributed by atoms with van der Waals surface area (Å²) in [4.78, 5) is 17.1. The van der Waals surface area contributed by atoms with Crippen LogP contribution in [0.15, 0.2) is 12.5 Å². The number of rotatable bonds is 2. The molecule has 1 heterocycles. The molecule has 1 radical (unpaired) electrons. The summed E-state index contributed by atoms with van der Waals surface area (Å²) in [6, 6.07) is 0. The first-order chi connectivity index (χ1) is 4.29. The molecule has 0 aliphatic rings. The fraction of sp³-hybridized carbons (Fsp3) is 0. The number of aliphatic carboxylic acids is 1. The second-order valence-corrected chi connectivity index (χ2v) is 1.43. The predicted molar refractivity (Wildman–Crippen MR) is 35.0 cm³/mol. The van der Waals surface area contributed by atoms with Gasteiger partial charge in [-0.25, -0.2) is 11.9 Å². The monoisotopic (exact) mass is 650 g/mol. The second-order valence-electron chi connectivity index (χ2n) is 1.43. The van der Waals surface area contributed by atoms with E-state index in [1.54, 1.807) is 0 Å². The zero-order valence-electron chi connectivity index (χ0n) is 6.97. The second kappa shape index (κ2) is 13.4. The van der Waals surface area contributed by atoms with Crippen LogP contribution in [-0.2, 0) is 58.6 Å². The standard InChI is InChI=1S/C5H5N2O2.CH3.U.W.Y/c8-5(9)1-4-2-6-3-7-4;;;;/h1-3H,(H2,6,7,8,9);1H3;;;/q2*-1;;+2;/p-1. The van der Waals surface area contributed by atoms with Crippen LogP contribution in [0.25, 0.3) is 0 Å². The van der Waals surface area contributed by atoms with Gasteiger partial charge in [-0.2, -0.15) is 0 Å². The van der Waals surface area contributed by atoms with Crippen LogP contribution in [0.4, 0.5) is 0 Å². The maximum atomic E-state index is 9.94. The molecule has 0 spiro atoms. The van der Waals surface area contributed by atoms with Crippen LogP contribution < -0.4 is 4.98 Å². The van der Waals surface area contributed by atoms with Crippen LogP contribution in [0.2, 0.25) is 0 Å². The van der Waals surface area contributed by atoms with Gasteiger partial charge in [-0.15, -0.1) is 12.7 Å². The minimum Gasteiger partial charge on any atom is -0.544 e. The van der Waals surface area contributed by atoms with Crippen molar-refractivity contribution in [3.8, 4) is 0 Å². The fourth-order valence-corrected chi connectivity index (χ4v) is 0.444. The molecular formula is C6H7N2O2UWY-. The van der Waals surface area contributed by atoms with Gasteiger partial charge in [-0.1, -0.05) is 0 Å². The summed E-state index contributed by atoms with van der Waals surface area (Å²) in [6.07, 6.45) is 3.68. The van der Waals surface area contributed by atoms with E-state index in [0.717, 1.165) is 6.42 Å². The molecule has 67 valence electrons. The normalized spacial score (nSPS) is 6.15. The molecule has 0 aliphatic carbocycles. The van der Waals surface area contributed by atoms with Crippen molar-refractivity contribution in [3.63, 3.8) is 0 Å². The van der Waals surface area contributed by atoms with Gasteiger partial charge >= 0.3 is 21.1 Å². The molecule has 0 aromatic carbocycles. The summed E-state index contributed by atoms with van der Waals surface area (Å²) >= 11 is 0. The molecule has 7 heteroatoms. The Bertz CT molecular complexity index is 208. The number of carbonyl (C=O) groups is 1. The molecule has 0 aliphatic heterocycles. The Labute approximate surface area is 141 Å². The number of nitrogens with zero attached hydrogens (tertiary/aromatic N) is 2. The largest absolute Gasteiger partial charge is 2.00 e. The van der Waals surface area contributed by atoms with E-state index in [0.29, 0.717) is 5.69 Å². The van der Waals surface area contributed by atoms with E-state index in [1.807, 2.05) is 0 Å². The Morgan fingerprint density at radius 2 is 2.15 bits per heavy atom. The van der Waals surface area contributed by atoms with Crippen molar-refractivity contribution in [1.82, 2.24) is 9.97 Å². The van der Waals surface area contributed by atoms with Gasteiger partial charge in [0.2, 0.25) is 5.97 Å². The molecular weight excluding hydrogens is 643 g/mol. The third kappa shape index (κ3) is 11.3. The van der Waals surface area contributed by atoms with Crippen LogP contribution in [-0.4, -0.2) is 16.1 Å². The Kier molecular flexibility index (Phi) is 24.6. The number of hydrogen-bond donors (Lipinski definition) is 1. The van der Waals surface area contributed by atoms with Crippen molar-refractivity contribution >= 4 is 5.97 Å². The van der Waals surface area contributed by atoms with Gasteiger partial charge in [0.15, 0.2) is 0 Å². The Hall–Kier alpha value is 1.39. The minimum atomic E-state index is -1.00. The van der Waals surface area contributed by atoms with E-state index in [-0.39, 0.29) is 92.3 Å². The molecule has 1 rings (SSSR count). The molecule has 1 N–H and O–H groups in total. The zero-order chi connectivity index (χ0) is 6.69. The molecule has 13 heavy (non-hydrogen) atoms. The average Bonchev–Trinajstić information content (AvgIpc) is 2.15. The van der Waals surface area contributed by atoms with Gasteiger partial charge in [0.1, 0.15) is 0 Å². The van der Waals surface area contributed by atoms with Crippen molar-refractivity contribution in [2.24, 2.45) is 0 Å². The molecule has 0 fully saturated rings. The van der Waals surface area contributed by atoms with Crippen molar-refractivity contribution in [3.05, 3.63) is 32.1 Å². The molecule has 1 aromatic heterocycles. The molecule has 0 atom stereocenters. The fourth-order valence-electron chi connectivity index (χ4n) is 0.444. The van der Waals surface area contributed by atoms with Gasteiger partial charge in [0, 0.05) is 63.8 Å². The predicted octanol–water partition coefficient (Wildman–Crippen LogP) is 0.121. The van der Waals surface area contributed by atoms with Gasteiger partial charge in [0.05, 0.1) is 0 Å². The first-order valence-corrected chi connectivity index (χ1v) is 2.29. The van der Waals surface area contributed by atoms with Crippen molar-refractivity contribution in [2.45, 2.75) is 0 Å². The van der Waals surface area contributed by atoms with Gasteiger partial charge < -0.3 is 22.5 Å². The SMILES string of the molecule is O=C(O)[CH-]c1c[n-]cn1.[CH3-].[U].[W+2].[Y]. The zero-order valence-corrected chi connectivity index (χ0v) is 16.9. The third-order valence-corrected chi connectivity index (χ3v) is 0.752. The maximum Gasteiger partial charge on any atom is 2.00 e. The van der Waals surface area contributed by atoms with Gasteiger partial charge in [0.25, 0.3) is 0 Å². The molecule has 0 unspecified atom stereocenters. The van der Waals surface area contributed by atoms with Crippen LogP contribution in [0.5, 0.6) is 0 Å². The summed E-state index contributed by atoms with van der Waals surface area (Å²) in [6.45, 7) is 0. The smallest absolute Gasteiger partial charge is 0.544 e. The van der Waals surface area contributed by atoms with E-state index in [1.165, 1.54) is 12.5 Å². The molecule has 1 aromatic rings. The van der Waals surface area contributed by atoms with Crippen molar-refractivity contribution in [2.75, 3.05) is 0 Å². The molecule has 0 amide bonds. The number of imidazole rings is 1. The quantitative estimate of drug-likeness (QED) is 0.463. The van der Waals surface area contributed by atoms with Crippen LogP contribution in [0.1, 0.15) is 5.69 Å².